The van der Waals surface area contributed by atoms with Crippen molar-refractivity contribution in [2.75, 3.05) is 6.54 Å². The maximum Gasteiger partial charge on any atom is 0.226 e. The van der Waals surface area contributed by atoms with E-state index < -0.39 is 5.60 Å². The standard InChI is InChI=1S/C17H26N2O2/c1-3-14-6-8-17(21,9-7-14)12-19-16(20)11-15-13(2)5-4-10-18-15/h4-5,10,14,21H,3,6-9,11-12H2,1-2H3,(H,19,20). The number of rotatable bonds is 5. The van der Waals surface area contributed by atoms with Crippen LogP contribution in [-0.4, -0.2) is 28.1 Å². The number of hydrogen-bond donors (Lipinski definition) is 2. The number of pyridine rings is 1. The molecule has 4 nitrogen and oxygen atoms in total. The summed E-state index contributed by atoms with van der Waals surface area (Å²) in [6.45, 7) is 4.51. The average Bonchev–Trinajstić information content (AvgIpc) is 2.49. The lowest BCUT2D eigenvalue weighted by atomic mass is 9.78. The molecule has 1 heterocycles. The molecule has 21 heavy (non-hydrogen) atoms. The van der Waals surface area contributed by atoms with Crippen molar-refractivity contribution >= 4 is 5.91 Å². The third kappa shape index (κ3) is 4.53. The Hall–Kier alpha value is -1.42. The molecule has 0 aliphatic heterocycles. The second-order valence-electron chi connectivity index (χ2n) is 6.30. The van der Waals surface area contributed by atoms with Gasteiger partial charge in [-0.25, -0.2) is 0 Å². The molecule has 0 unspecified atom stereocenters. The van der Waals surface area contributed by atoms with Crippen LogP contribution >= 0.6 is 0 Å². The van der Waals surface area contributed by atoms with Crippen molar-refractivity contribution in [2.24, 2.45) is 5.92 Å². The van der Waals surface area contributed by atoms with E-state index in [-0.39, 0.29) is 12.3 Å². The highest BCUT2D eigenvalue weighted by Crippen LogP contribution is 2.33. The van der Waals surface area contributed by atoms with Gasteiger partial charge in [0.1, 0.15) is 0 Å². The van der Waals surface area contributed by atoms with Crippen molar-refractivity contribution in [3.05, 3.63) is 29.6 Å². The molecule has 1 aliphatic carbocycles. The number of aryl methyl sites for hydroxylation is 1. The molecule has 4 heteroatoms. The highest BCUT2D eigenvalue weighted by molar-refractivity contribution is 5.78. The maximum atomic E-state index is 12.0. The monoisotopic (exact) mass is 290 g/mol. The summed E-state index contributed by atoms with van der Waals surface area (Å²) >= 11 is 0. The SMILES string of the molecule is CCC1CCC(O)(CNC(=O)Cc2ncccc2C)CC1. The first-order valence-corrected chi connectivity index (χ1v) is 7.92. The van der Waals surface area contributed by atoms with E-state index in [0.717, 1.165) is 42.9 Å². The van der Waals surface area contributed by atoms with Crippen LogP contribution in [-0.2, 0) is 11.2 Å². The highest BCUT2D eigenvalue weighted by Gasteiger charge is 2.32. The normalized spacial score (nSPS) is 25.6. The molecule has 1 fully saturated rings. The predicted molar refractivity (Wildman–Crippen MR) is 82.9 cm³/mol. The molecule has 116 valence electrons. The van der Waals surface area contributed by atoms with Crippen LogP contribution in [0.25, 0.3) is 0 Å². The zero-order valence-corrected chi connectivity index (χ0v) is 13.1. The Labute approximate surface area is 127 Å². The Morgan fingerprint density at radius 2 is 2.19 bits per heavy atom. The highest BCUT2D eigenvalue weighted by atomic mass is 16.3. The molecule has 1 aromatic heterocycles. The van der Waals surface area contributed by atoms with Gasteiger partial charge in [-0.05, 0) is 50.2 Å². The van der Waals surface area contributed by atoms with Crippen molar-refractivity contribution in [3.8, 4) is 0 Å². The number of nitrogens with zero attached hydrogens (tertiary/aromatic N) is 1. The van der Waals surface area contributed by atoms with E-state index in [4.69, 9.17) is 0 Å². The molecule has 0 aromatic carbocycles. The van der Waals surface area contributed by atoms with Crippen LogP contribution in [0.2, 0.25) is 0 Å². The van der Waals surface area contributed by atoms with Crippen molar-refractivity contribution < 1.29 is 9.90 Å². The van der Waals surface area contributed by atoms with E-state index in [2.05, 4.69) is 17.2 Å². The fraction of sp³-hybridized carbons (Fsp3) is 0.647. The van der Waals surface area contributed by atoms with Gasteiger partial charge in [0, 0.05) is 12.7 Å². The summed E-state index contributed by atoms with van der Waals surface area (Å²) in [5.41, 5.74) is 1.10. The van der Waals surface area contributed by atoms with E-state index in [0.29, 0.717) is 6.54 Å². The Morgan fingerprint density at radius 1 is 1.48 bits per heavy atom. The summed E-state index contributed by atoms with van der Waals surface area (Å²) in [5.74, 6) is 0.667. The Balaban J connectivity index is 1.80. The van der Waals surface area contributed by atoms with Gasteiger partial charge in [-0.1, -0.05) is 19.4 Å². The van der Waals surface area contributed by atoms with Crippen LogP contribution in [0.1, 0.15) is 50.3 Å². The molecule has 0 radical (unpaired) electrons. The molecule has 1 aliphatic rings. The quantitative estimate of drug-likeness (QED) is 0.875. The van der Waals surface area contributed by atoms with E-state index in [9.17, 15) is 9.90 Å². The minimum atomic E-state index is -0.722. The fourth-order valence-electron chi connectivity index (χ4n) is 2.98. The van der Waals surface area contributed by atoms with Crippen LogP contribution in [0.5, 0.6) is 0 Å². The number of carbonyl (C=O) groups excluding carboxylic acids is 1. The first kappa shape index (κ1) is 16.0. The summed E-state index contributed by atoms with van der Waals surface area (Å²) < 4.78 is 0. The van der Waals surface area contributed by atoms with Crippen molar-refractivity contribution in [3.63, 3.8) is 0 Å². The summed E-state index contributed by atoms with van der Waals surface area (Å²) in [7, 11) is 0. The number of nitrogens with one attached hydrogen (secondary N) is 1. The van der Waals surface area contributed by atoms with Crippen LogP contribution in [0.4, 0.5) is 0 Å². The molecule has 2 N–H and O–H groups in total. The third-order valence-electron chi connectivity index (χ3n) is 4.67. The van der Waals surface area contributed by atoms with Gasteiger partial charge in [-0.3, -0.25) is 9.78 Å². The summed E-state index contributed by atoms with van der Waals surface area (Å²) in [6.07, 6.45) is 6.85. The number of carbonyl (C=O) groups is 1. The summed E-state index contributed by atoms with van der Waals surface area (Å²) in [6, 6.07) is 3.82. The Morgan fingerprint density at radius 3 is 2.81 bits per heavy atom. The van der Waals surface area contributed by atoms with E-state index >= 15 is 0 Å². The zero-order chi connectivity index (χ0) is 15.3. The Kier molecular flexibility index (Phi) is 5.34. The molecule has 0 spiro atoms. The summed E-state index contributed by atoms with van der Waals surface area (Å²) in [4.78, 5) is 16.2. The maximum absolute atomic E-state index is 12.0. The molecule has 0 saturated heterocycles. The van der Waals surface area contributed by atoms with Crippen molar-refractivity contribution in [1.82, 2.24) is 10.3 Å². The van der Waals surface area contributed by atoms with E-state index in [1.54, 1.807) is 6.20 Å². The Bertz CT molecular complexity index is 479. The van der Waals surface area contributed by atoms with Crippen LogP contribution < -0.4 is 5.32 Å². The minimum Gasteiger partial charge on any atom is -0.388 e. The number of aromatic nitrogens is 1. The lowest BCUT2D eigenvalue weighted by molar-refractivity contribution is -0.122. The van der Waals surface area contributed by atoms with Crippen molar-refractivity contribution in [1.29, 1.82) is 0 Å². The van der Waals surface area contributed by atoms with Gasteiger partial charge in [-0.2, -0.15) is 0 Å². The molecule has 1 amide bonds. The molecule has 0 bridgehead atoms. The fourth-order valence-corrected chi connectivity index (χ4v) is 2.98. The second kappa shape index (κ2) is 7.03. The number of aliphatic hydroxyl groups is 1. The van der Waals surface area contributed by atoms with Gasteiger partial charge in [0.05, 0.1) is 17.7 Å². The summed E-state index contributed by atoms with van der Waals surface area (Å²) in [5, 5.41) is 13.4. The largest absolute Gasteiger partial charge is 0.388 e. The molecule has 1 saturated carbocycles. The van der Waals surface area contributed by atoms with Gasteiger partial charge in [0.2, 0.25) is 5.91 Å². The molecular weight excluding hydrogens is 264 g/mol. The number of amides is 1. The molecule has 2 rings (SSSR count). The topological polar surface area (TPSA) is 62.2 Å². The van der Waals surface area contributed by atoms with Gasteiger partial charge < -0.3 is 10.4 Å². The van der Waals surface area contributed by atoms with Gasteiger partial charge in [-0.15, -0.1) is 0 Å². The van der Waals surface area contributed by atoms with Crippen LogP contribution in [0.3, 0.4) is 0 Å². The van der Waals surface area contributed by atoms with Crippen LogP contribution in [0, 0.1) is 12.8 Å². The first-order valence-electron chi connectivity index (χ1n) is 7.92. The third-order valence-corrected chi connectivity index (χ3v) is 4.67. The minimum absolute atomic E-state index is 0.0668. The van der Waals surface area contributed by atoms with Crippen molar-refractivity contribution in [2.45, 2.75) is 58.0 Å². The first-order chi connectivity index (χ1) is 10.0. The average molecular weight is 290 g/mol. The van der Waals surface area contributed by atoms with Gasteiger partial charge >= 0.3 is 0 Å². The lowest BCUT2D eigenvalue weighted by Crippen LogP contribution is -2.45. The number of hydrogen-bond acceptors (Lipinski definition) is 3. The van der Waals surface area contributed by atoms with Gasteiger partial charge in [0.25, 0.3) is 0 Å². The van der Waals surface area contributed by atoms with Gasteiger partial charge in [0.15, 0.2) is 0 Å². The smallest absolute Gasteiger partial charge is 0.226 e. The lowest BCUT2D eigenvalue weighted by Gasteiger charge is -2.35. The molecular formula is C17H26N2O2. The molecule has 1 aromatic rings. The molecule has 0 atom stereocenters. The van der Waals surface area contributed by atoms with E-state index in [1.165, 1.54) is 6.42 Å². The second-order valence-corrected chi connectivity index (χ2v) is 6.30. The predicted octanol–water partition coefficient (Wildman–Crippen LogP) is 2.38. The van der Waals surface area contributed by atoms with Crippen LogP contribution in [0.15, 0.2) is 18.3 Å². The van der Waals surface area contributed by atoms with E-state index in [1.807, 2.05) is 19.1 Å². The zero-order valence-electron chi connectivity index (χ0n) is 13.1.